The van der Waals surface area contributed by atoms with E-state index in [1.165, 1.54) is 0 Å². The van der Waals surface area contributed by atoms with Gasteiger partial charge in [0, 0.05) is 10.5 Å². The minimum absolute atomic E-state index is 0.159. The highest BCUT2D eigenvalue weighted by Crippen LogP contribution is 2.26. The van der Waals surface area contributed by atoms with Gasteiger partial charge in [0.15, 0.2) is 0 Å². The van der Waals surface area contributed by atoms with Crippen molar-refractivity contribution in [3.63, 3.8) is 0 Å². The Bertz CT molecular complexity index is 451. The van der Waals surface area contributed by atoms with Crippen LogP contribution >= 0.6 is 11.8 Å². The topological polar surface area (TPSA) is 0 Å². The maximum absolute atomic E-state index is 13.7. The van der Waals surface area contributed by atoms with Gasteiger partial charge in [-0.15, -0.1) is 11.8 Å². The highest BCUT2D eigenvalue weighted by Gasteiger charge is 2.04. The highest BCUT2D eigenvalue weighted by molar-refractivity contribution is 7.98. The van der Waals surface area contributed by atoms with Crippen LogP contribution in [-0.2, 0) is 0 Å². The third-order valence-electron chi connectivity index (χ3n) is 2.26. The molecule has 0 atom stereocenters. The van der Waals surface area contributed by atoms with Crippen molar-refractivity contribution in [2.75, 3.05) is 6.26 Å². The van der Waals surface area contributed by atoms with Crippen LogP contribution in [0.3, 0.4) is 0 Å². The van der Waals surface area contributed by atoms with Gasteiger partial charge in [-0.25, -0.2) is 4.39 Å². The number of hydrogen-bond donors (Lipinski definition) is 0. The molecule has 0 radical (unpaired) electrons. The van der Waals surface area contributed by atoms with E-state index in [0.717, 1.165) is 10.5 Å². The fourth-order valence-corrected chi connectivity index (χ4v) is 1.90. The molecule has 0 fully saturated rings. The fourth-order valence-electron chi connectivity index (χ4n) is 1.47. The summed E-state index contributed by atoms with van der Waals surface area (Å²) < 4.78 is 13.7. The standard InChI is InChI=1S/C13H11FS/c1-15-11-7-8-12(13(14)9-11)10-5-3-2-4-6-10/h2-9H,1H3. The van der Waals surface area contributed by atoms with Crippen LogP contribution in [0.4, 0.5) is 4.39 Å². The van der Waals surface area contributed by atoms with Gasteiger partial charge in [0.05, 0.1) is 0 Å². The lowest BCUT2D eigenvalue weighted by Crippen LogP contribution is -1.84. The van der Waals surface area contributed by atoms with E-state index in [-0.39, 0.29) is 5.82 Å². The lowest BCUT2D eigenvalue weighted by molar-refractivity contribution is 0.628. The Kier molecular flexibility index (Phi) is 3.07. The van der Waals surface area contributed by atoms with Crippen molar-refractivity contribution in [3.8, 4) is 11.1 Å². The van der Waals surface area contributed by atoms with Crippen molar-refractivity contribution >= 4 is 11.8 Å². The van der Waals surface area contributed by atoms with E-state index in [4.69, 9.17) is 0 Å². The molecular weight excluding hydrogens is 207 g/mol. The van der Waals surface area contributed by atoms with Crippen molar-refractivity contribution < 1.29 is 4.39 Å². The van der Waals surface area contributed by atoms with E-state index in [1.807, 2.05) is 48.7 Å². The molecule has 2 aromatic rings. The van der Waals surface area contributed by atoms with E-state index >= 15 is 0 Å². The molecular formula is C13H11FS. The molecule has 0 amide bonds. The summed E-state index contributed by atoms with van der Waals surface area (Å²) in [5.41, 5.74) is 1.58. The molecule has 2 aromatic carbocycles. The molecule has 76 valence electrons. The van der Waals surface area contributed by atoms with E-state index in [0.29, 0.717) is 5.56 Å². The van der Waals surface area contributed by atoms with Crippen LogP contribution in [0.15, 0.2) is 53.4 Å². The average molecular weight is 218 g/mol. The lowest BCUT2D eigenvalue weighted by Gasteiger charge is -2.04. The first kappa shape index (κ1) is 10.2. The van der Waals surface area contributed by atoms with Gasteiger partial charge in [-0.1, -0.05) is 36.4 Å². The Morgan fingerprint density at radius 1 is 1.00 bits per heavy atom. The van der Waals surface area contributed by atoms with Crippen molar-refractivity contribution in [2.45, 2.75) is 4.90 Å². The Balaban J connectivity index is 2.46. The van der Waals surface area contributed by atoms with Crippen molar-refractivity contribution in [2.24, 2.45) is 0 Å². The Hall–Kier alpha value is -1.28. The second-order valence-electron chi connectivity index (χ2n) is 3.21. The molecule has 2 heteroatoms. The second kappa shape index (κ2) is 4.49. The maximum atomic E-state index is 13.7. The Labute approximate surface area is 93.1 Å². The molecule has 0 aliphatic carbocycles. The minimum Gasteiger partial charge on any atom is -0.206 e. The van der Waals surface area contributed by atoms with E-state index < -0.39 is 0 Å². The average Bonchev–Trinajstić information content (AvgIpc) is 2.30. The van der Waals surface area contributed by atoms with Crippen LogP contribution in [0, 0.1) is 5.82 Å². The van der Waals surface area contributed by atoms with E-state index in [1.54, 1.807) is 17.8 Å². The summed E-state index contributed by atoms with van der Waals surface area (Å²) in [5, 5.41) is 0. The number of rotatable bonds is 2. The molecule has 2 rings (SSSR count). The van der Waals surface area contributed by atoms with Gasteiger partial charge in [-0.2, -0.15) is 0 Å². The zero-order valence-corrected chi connectivity index (χ0v) is 9.22. The molecule has 0 heterocycles. The third-order valence-corrected chi connectivity index (χ3v) is 2.99. The largest absolute Gasteiger partial charge is 0.206 e. The minimum atomic E-state index is -0.159. The summed E-state index contributed by atoms with van der Waals surface area (Å²) in [4.78, 5) is 0.951. The fraction of sp³-hybridized carbons (Fsp3) is 0.0769. The second-order valence-corrected chi connectivity index (χ2v) is 4.09. The van der Waals surface area contributed by atoms with Crippen LogP contribution in [0.1, 0.15) is 0 Å². The van der Waals surface area contributed by atoms with Crippen LogP contribution in [-0.4, -0.2) is 6.26 Å². The summed E-state index contributed by atoms with van der Waals surface area (Å²) in [6.45, 7) is 0. The van der Waals surface area contributed by atoms with Gasteiger partial charge in [0.2, 0.25) is 0 Å². The van der Waals surface area contributed by atoms with Gasteiger partial charge in [-0.3, -0.25) is 0 Å². The Morgan fingerprint density at radius 3 is 2.33 bits per heavy atom. The zero-order chi connectivity index (χ0) is 10.7. The first-order valence-corrected chi connectivity index (χ1v) is 5.92. The van der Waals surface area contributed by atoms with E-state index in [2.05, 4.69) is 0 Å². The summed E-state index contributed by atoms with van der Waals surface area (Å²) in [5.74, 6) is -0.159. The molecule has 0 saturated heterocycles. The predicted octanol–water partition coefficient (Wildman–Crippen LogP) is 4.21. The molecule has 0 unspecified atom stereocenters. The number of hydrogen-bond acceptors (Lipinski definition) is 1. The lowest BCUT2D eigenvalue weighted by atomic mass is 10.1. The number of benzene rings is 2. The summed E-state index contributed by atoms with van der Waals surface area (Å²) in [7, 11) is 0. The van der Waals surface area contributed by atoms with Gasteiger partial charge in [-0.05, 0) is 24.0 Å². The summed E-state index contributed by atoms with van der Waals surface area (Å²) in [6, 6.07) is 14.9. The summed E-state index contributed by atoms with van der Waals surface area (Å²) in [6.07, 6.45) is 1.94. The molecule has 0 N–H and O–H groups in total. The third kappa shape index (κ3) is 2.21. The monoisotopic (exact) mass is 218 g/mol. The first-order chi connectivity index (χ1) is 7.31. The normalized spacial score (nSPS) is 10.3. The van der Waals surface area contributed by atoms with Crippen molar-refractivity contribution in [1.82, 2.24) is 0 Å². The maximum Gasteiger partial charge on any atom is 0.132 e. The molecule has 0 spiro atoms. The van der Waals surface area contributed by atoms with Crippen LogP contribution < -0.4 is 0 Å². The van der Waals surface area contributed by atoms with Crippen LogP contribution in [0.5, 0.6) is 0 Å². The van der Waals surface area contributed by atoms with Gasteiger partial charge in [0.1, 0.15) is 5.82 Å². The SMILES string of the molecule is CSc1ccc(-c2ccccc2)c(F)c1. The molecule has 0 aliphatic rings. The molecule has 0 aliphatic heterocycles. The number of thioether (sulfide) groups is 1. The molecule has 0 aromatic heterocycles. The van der Waals surface area contributed by atoms with Gasteiger partial charge in [0.25, 0.3) is 0 Å². The molecule has 0 nitrogen and oxygen atoms in total. The first-order valence-electron chi connectivity index (χ1n) is 4.70. The predicted molar refractivity (Wildman–Crippen MR) is 63.6 cm³/mol. The van der Waals surface area contributed by atoms with Gasteiger partial charge >= 0.3 is 0 Å². The number of halogens is 1. The highest BCUT2D eigenvalue weighted by atomic mass is 32.2. The van der Waals surface area contributed by atoms with Gasteiger partial charge < -0.3 is 0 Å². The molecule has 0 bridgehead atoms. The Morgan fingerprint density at radius 2 is 1.73 bits per heavy atom. The van der Waals surface area contributed by atoms with Crippen molar-refractivity contribution in [1.29, 1.82) is 0 Å². The zero-order valence-electron chi connectivity index (χ0n) is 8.41. The van der Waals surface area contributed by atoms with Crippen LogP contribution in [0.2, 0.25) is 0 Å². The quantitative estimate of drug-likeness (QED) is 0.680. The summed E-state index contributed by atoms with van der Waals surface area (Å²) >= 11 is 1.55. The smallest absolute Gasteiger partial charge is 0.132 e. The van der Waals surface area contributed by atoms with E-state index in [9.17, 15) is 4.39 Å². The molecule has 15 heavy (non-hydrogen) atoms. The van der Waals surface area contributed by atoms with Crippen LogP contribution in [0.25, 0.3) is 11.1 Å². The molecule has 0 saturated carbocycles. The van der Waals surface area contributed by atoms with Crippen molar-refractivity contribution in [3.05, 3.63) is 54.3 Å².